The monoisotopic (exact) mass is 202 g/mol. The summed E-state index contributed by atoms with van der Waals surface area (Å²) in [7, 11) is 0. The number of esters is 1. The predicted octanol–water partition coefficient (Wildman–Crippen LogP) is 0.993. The van der Waals surface area contributed by atoms with Gasteiger partial charge in [0.15, 0.2) is 0 Å². The van der Waals surface area contributed by atoms with Crippen molar-refractivity contribution in [2.45, 2.75) is 19.8 Å². The van der Waals surface area contributed by atoms with E-state index in [0.717, 1.165) is 12.8 Å². The third-order valence-electron chi connectivity index (χ3n) is 2.17. The summed E-state index contributed by atoms with van der Waals surface area (Å²) < 4.78 is 15.5. The third-order valence-corrected chi connectivity index (χ3v) is 2.17. The topological polar surface area (TPSA) is 44.8 Å². The fourth-order valence-corrected chi connectivity index (χ4v) is 1.27. The Labute approximate surface area is 84.5 Å². The van der Waals surface area contributed by atoms with Crippen molar-refractivity contribution in [3.05, 3.63) is 0 Å². The molecular formula is C10H18O4. The molecular weight excluding hydrogens is 184 g/mol. The van der Waals surface area contributed by atoms with Crippen LogP contribution in [-0.2, 0) is 19.0 Å². The first kappa shape index (κ1) is 11.5. The summed E-state index contributed by atoms with van der Waals surface area (Å²) in [6, 6.07) is 0. The highest BCUT2D eigenvalue weighted by Gasteiger charge is 2.14. The van der Waals surface area contributed by atoms with Crippen molar-refractivity contribution in [3.63, 3.8) is 0 Å². The maximum absolute atomic E-state index is 11.3. The van der Waals surface area contributed by atoms with E-state index in [4.69, 9.17) is 14.2 Å². The maximum atomic E-state index is 11.3. The highest BCUT2D eigenvalue weighted by Crippen LogP contribution is 2.08. The summed E-state index contributed by atoms with van der Waals surface area (Å²) in [5, 5.41) is 0. The van der Waals surface area contributed by atoms with Crippen molar-refractivity contribution in [1.29, 1.82) is 0 Å². The molecule has 0 radical (unpaired) electrons. The fraction of sp³-hybridized carbons (Fsp3) is 0.900. The van der Waals surface area contributed by atoms with Crippen molar-refractivity contribution in [2.75, 3.05) is 33.0 Å². The van der Waals surface area contributed by atoms with Crippen LogP contribution in [0.3, 0.4) is 0 Å². The quantitative estimate of drug-likeness (QED) is 0.549. The molecule has 0 aromatic rings. The summed E-state index contributed by atoms with van der Waals surface area (Å²) in [5.41, 5.74) is 0. The Bertz CT molecular complexity index is 170. The molecule has 0 aromatic carbocycles. The first-order valence-corrected chi connectivity index (χ1v) is 5.13. The summed E-state index contributed by atoms with van der Waals surface area (Å²) in [4.78, 5) is 11.3. The average molecular weight is 202 g/mol. The molecule has 82 valence electrons. The van der Waals surface area contributed by atoms with E-state index in [1.54, 1.807) is 0 Å². The molecule has 1 unspecified atom stereocenters. The van der Waals surface area contributed by atoms with Crippen molar-refractivity contribution in [2.24, 2.45) is 5.92 Å². The van der Waals surface area contributed by atoms with Crippen LogP contribution >= 0.6 is 0 Å². The maximum Gasteiger partial charge on any atom is 0.308 e. The molecule has 0 aromatic heterocycles. The van der Waals surface area contributed by atoms with Crippen LogP contribution in [0, 0.1) is 5.92 Å². The van der Waals surface area contributed by atoms with Crippen LogP contribution in [-0.4, -0.2) is 39.0 Å². The predicted molar refractivity (Wildman–Crippen MR) is 51.0 cm³/mol. The standard InChI is InChI=1S/C10H18O4/c1-9-3-2-4-12-5-6-13-7-8-14-10(9)11/h9H,2-8H2,1H3. The Balaban J connectivity index is 2.27. The summed E-state index contributed by atoms with van der Waals surface area (Å²) in [6.07, 6.45) is 1.73. The van der Waals surface area contributed by atoms with Crippen molar-refractivity contribution in [3.8, 4) is 0 Å². The third kappa shape index (κ3) is 4.58. The van der Waals surface area contributed by atoms with E-state index in [9.17, 15) is 4.79 Å². The van der Waals surface area contributed by atoms with Gasteiger partial charge in [0.05, 0.1) is 25.7 Å². The smallest absolute Gasteiger partial charge is 0.308 e. The molecule has 1 atom stereocenters. The first-order valence-electron chi connectivity index (χ1n) is 5.13. The lowest BCUT2D eigenvalue weighted by atomic mass is 10.1. The molecule has 1 heterocycles. The van der Waals surface area contributed by atoms with Crippen LogP contribution in [0.2, 0.25) is 0 Å². The zero-order chi connectivity index (χ0) is 10.2. The molecule has 1 aliphatic rings. The van der Waals surface area contributed by atoms with E-state index in [2.05, 4.69) is 0 Å². The van der Waals surface area contributed by atoms with Crippen molar-refractivity contribution >= 4 is 5.97 Å². The van der Waals surface area contributed by atoms with Gasteiger partial charge in [-0.15, -0.1) is 0 Å². The number of carbonyl (C=O) groups is 1. The Morgan fingerprint density at radius 3 is 2.50 bits per heavy atom. The molecule has 1 saturated heterocycles. The van der Waals surface area contributed by atoms with Gasteiger partial charge in [-0.3, -0.25) is 4.79 Å². The van der Waals surface area contributed by atoms with Gasteiger partial charge in [0, 0.05) is 6.61 Å². The van der Waals surface area contributed by atoms with Crippen molar-refractivity contribution < 1.29 is 19.0 Å². The van der Waals surface area contributed by atoms with E-state index in [1.807, 2.05) is 6.92 Å². The van der Waals surface area contributed by atoms with Crippen LogP contribution in [0.5, 0.6) is 0 Å². The van der Waals surface area contributed by atoms with E-state index in [1.165, 1.54) is 0 Å². The second-order valence-corrected chi connectivity index (χ2v) is 3.44. The lowest BCUT2D eigenvalue weighted by Crippen LogP contribution is -2.20. The molecule has 4 nitrogen and oxygen atoms in total. The largest absolute Gasteiger partial charge is 0.463 e. The van der Waals surface area contributed by atoms with Gasteiger partial charge in [-0.25, -0.2) is 0 Å². The SMILES string of the molecule is CC1CCCOCCOCCOC1=O. The summed E-state index contributed by atoms with van der Waals surface area (Å²) >= 11 is 0. The van der Waals surface area contributed by atoms with Gasteiger partial charge >= 0.3 is 5.97 Å². The van der Waals surface area contributed by atoms with Crippen LogP contribution < -0.4 is 0 Å². The Kier molecular flexibility index (Phi) is 5.56. The molecule has 0 saturated carbocycles. The van der Waals surface area contributed by atoms with E-state index >= 15 is 0 Å². The Morgan fingerprint density at radius 2 is 1.71 bits per heavy atom. The number of carbonyl (C=O) groups excluding carboxylic acids is 1. The van der Waals surface area contributed by atoms with Gasteiger partial charge in [0.1, 0.15) is 6.61 Å². The van der Waals surface area contributed by atoms with Gasteiger partial charge in [-0.05, 0) is 12.8 Å². The van der Waals surface area contributed by atoms with Gasteiger partial charge in [0.2, 0.25) is 0 Å². The molecule has 0 N–H and O–H groups in total. The van der Waals surface area contributed by atoms with E-state index in [0.29, 0.717) is 33.0 Å². The molecule has 0 bridgehead atoms. The molecule has 0 amide bonds. The zero-order valence-electron chi connectivity index (χ0n) is 8.66. The molecule has 0 aliphatic carbocycles. The minimum absolute atomic E-state index is 0.0296. The van der Waals surface area contributed by atoms with Crippen molar-refractivity contribution in [1.82, 2.24) is 0 Å². The van der Waals surface area contributed by atoms with Crippen LogP contribution in [0.4, 0.5) is 0 Å². The highest BCUT2D eigenvalue weighted by molar-refractivity contribution is 5.71. The molecule has 1 rings (SSSR count). The van der Waals surface area contributed by atoms with Gasteiger partial charge in [0.25, 0.3) is 0 Å². The molecule has 1 aliphatic heterocycles. The summed E-state index contributed by atoms with van der Waals surface area (Å²) in [6.45, 7) is 4.59. The molecule has 4 heteroatoms. The zero-order valence-corrected chi connectivity index (χ0v) is 8.66. The molecule has 0 spiro atoms. The molecule has 1 fully saturated rings. The number of ether oxygens (including phenoxy) is 3. The highest BCUT2D eigenvalue weighted by atomic mass is 16.6. The lowest BCUT2D eigenvalue weighted by Gasteiger charge is -2.13. The second-order valence-electron chi connectivity index (χ2n) is 3.44. The van der Waals surface area contributed by atoms with Crippen LogP contribution in [0.1, 0.15) is 19.8 Å². The minimum atomic E-state index is -0.130. The van der Waals surface area contributed by atoms with E-state index < -0.39 is 0 Å². The van der Waals surface area contributed by atoms with Gasteiger partial charge in [-0.1, -0.05) is 6.92 Å². The van der Waals surface area contributed by atoms with Crippen LogP contribution in [0.25, 0.3) is 0 Å². The first-order chi connectivity index (χ1) is 6.80. The van der Waals surface area contributed by atoms with Crippen LogP contribution in [0.15, 0.2) is 0 Å². The Hall–Kier alpha value is -0.610. The average Bonchev–Trinajstić information content (AvgIpc) is 2.18. The van der Waals surface area contributed by atoms with Gasteiger partial charge < -0.3 is 14.2 Å². The fourth-order valence-electron chi connectivity index (χ4n) is 1.27. The molecule has 14 heavy (non-hydrogen) atoms. The number of hydrogen-bond donors (Lipinski definition) is 0. The number of rotatable bonds is 0. The second kappa shape index (κ2) is 6.79. The normalized spacial score (nSPS) is 27.2. The number of cyclic esters (lactones) is 1. The lowest BCUT2D eigenvalue weighted by molar-refractivity contribution is -0.150. The van der Waals surface area contributed by atoms with E-state index in [-0.39, 0.29) is 11.9 Å². The number of hydrogen-bond acceptors (Lipinski definition) is 4. The summed E-state index contributed by atoms with van der Waals surface area (Å²) in [5.74, 6) is -0.160. The Morgan fingerprint density at radius 1 is 1.07 bits per heavy atom. The minimum Gasteiger partial charge on any atom is -0.463 e. The van der Waals surface area contributed by atoms with Gasteiger partial charge in [-0.2, -0.15) is 0 Å².